The first-order valence-electron chi connectivity index (χ1n) is 5.75. The number of hydrogen-bond donors (Lipinski definition) is 2. The van der Waals surface area contributed by atoms with Crippen LogP contribution in [0.4, 0.5) is 5.69 Å². The molecule has 0 fully saturated rings. The summed E-state index contributed by atoms with van der Waals surface area (Å²) in [6, 6.07) is 13.5. The lowest BCUT2D eigenvalue weighted by Crippen LogP contribution is -2.03. The van der Waals surface area contributed by atoms with E-state index in [4.69, 9.17) is 0 Å². The second kappa shape index (κ2) is 4.91. The van der Waals surface area contributed by atoms with Crippen LogP contribution in [-0.2, 0) is 6.54 Å². The summed E-state index contributed by atoms with van der Waals surface area (Å²) in [7, 11) is 0. The Hall–Kier alpha value is -1.96. The summed E-state index contributed by atoms with van der Waals surface area (Å²) in [5.74, 6) is 0.288. The van der Waals surface area contributed by atoms with Gasteiger partial charge in [-0.05, 0) is 42.7 Å². The largest absolute Gasteiger partial charge is 0.508 e. The van der Waals surface area contributed by atoms with Crippen molar-refractivity contribution in [2.24, 2.45) is 0 Å². The number of anilines is 1. The number of aromatic hydroxyl groups is 1. The van der Waals surface area contributed by atoms with Crippen molar-refractivity contribution in [2.75, 3.05) is 5.32 Å². The molecule has 2 aromatic rings. The first-order chi connectivity index (χ1) is 8.16. The molecule has 0 saturated carbocycles. The molecule has 0 aliphatic rings. The topological polar surface area (TPSA) is 32.3 Å². The monoisotopic (exact) mass is 227 g/mol. The SMILES string of the molecule is Cc1cccc(C)c1CNc1cccc(O)c1. The van der Waals surface area contributed by atoms with Gasteiger partial charge >= 0.3 is 0 Å². The van der Waals surface area contributed by atoms with Gasteiger partial charge < -0.3 is 10.4 Å². The van der Waals surface area contributed by atoms with Crippen LogP contribution in [-0.4, -0.2) is 5.11 Å². The summed E-state index contributed by atoms with van der Waals surface area (Å²) in [5.41, 5.74) is 4.83. The van der Waals surface area contributed by atoms with Crippen LogP contribution in [0.1, 0.15) is 16.7 Å². The third kappa shape index (κ3) is 2.78. The Bertz CT molecular complexity index is 500. The fourth-order valence-corrected chi connectivity index (χ4v) is 1.93. The van der Waals surface area contributed by atoms with Crippen molar-refractivity contribution in [3.63, 3.8) is 0 Å². The van der Waals surface area contributed by atoms with Gasteiger partial charge in [-0.2, -0.15) is 0 Å². The zero-order valence-electron chi connectivity index (χ0n) is 10.2. The molecule has 2 aromatic carbocycles. The number of nitrogens with one attached hydrogen (secondary N) is 1. The van der Waals surface area contributed by atoms with Crippen LogP contribution >= 0.6 is 0 Å². The van der Waals surface area contributed by atoms with Crippen molar-refractivity contribution in [3.05, 3.63) is 59.2 Å². The quantitative estimate of drug-likeness (QED) is 0.839. The van der Waals surface area contributed by atoms with E-state index in [-0.39, 0.29) is 5.75 Å². The lowest BCUT2D eigenvalue weighted by molar-refractivity contribution is 0.475. The van der Waals surface area contributed by atoms with Crippen LogP contribution in [0.5, 0.6) is 5.75 Å². The van der Waals surface area contributed by atoms with Crippen molar-refractivity contribution in [2.45, 2.75) is 20.4 Å². The fraction of sp³-hybridized carbons (Fsp3) is 0.200. The molecule has 0 aromatic heterocycles. The predicted molar refractivity (Wildman–Crippen MR) is 71.3 cm³/mol. The Balaban J connectivity index is 2.13. The zero-order valence-corrected chi connectivity index (χ0v) is 10.2. The average Bonchev–Trinajstić information content (AvgIpc) is 2.28. The Morgan fingerprint density at radius 2 is 1.65 bits per heavy atom. The van der Waals surface area contributed by atoms with E-state index >= 15 is 0 Å². The minimum absolute atomic E-state index is 0.288. The second-order valence-corrected chi connectivity index (χ2v) is 4.27. The van der Waals surface area contributed by atoms with Gasteiger partial charge in [-0.1, -0.05) is 24.3 Å². The zero-order chi connectivity index (χ0) is 12.3. The van der Waals surface area contributed by atoms with E-state index in [9.17, 15) is 5.11 Å². The van der Waals surface area contributed by atoms with Gasteiger partial charge in [-0.25, -0.2) is 0 Å². The Morgan fingerprint density at radius 3 is 2.29 bits per heavy atom. The summed E-state index contributed by atoms with van der Waals surface area (Å²) < 4.78 is 0. The molecule has 0 aliphatic heterocycles. The van der Waals surface area contributed by atoms with E-state index < -0.39 is 0 Å². The van der Waals surface area contributed by atoms with Gasteiger partial charge in [0.2, 0.25) is 0 Å². The maximum Gasteiger partial charge on any atom is 0.117 e. The van der Waals surface area contributed by atoms with Crippen LogP contribution in [0.25, 0.3) is 0 Å². The Morgan fingerprint density at radius 1 is 1.00 bits per heavy atom. The summed E-state index contributed by atoms with van der Waals surface area (Å²) in [6.07, 6.45) is 0. The van der Waals surface area contributed by atoms with Crippen molar-refractivity contribution in [1.82, 2.24) is 0 Å². The van der Waals surface area contributed by atoms with Gasteiger partial charge in [-0.15, -0.1) is 0 Å². The highest BCUT2D eigenvalue weighted by Crippen LogP contribution is 2.18. The van der Waals surface area contributed by atoms with Crippen LogP contribution < -0.4 is 5.32 Å². The number of hydrogen-bond acceptors (Lipinski definition) is 2. The number of benzene rings is 2. The number of phenols is 1. The first kappa shape index (κ1) is 11.5. The van der Waals surface area contributed by atoms with Gasteiger partial charge in [0.25, 0.3) is 0 Å². The molecule has 0 atom stereocenters. The highest BCUT2D eigenvalue weighted by molar-refractivity contribution is 5.49. The molecule has 0 amide bonds. The van der Waals surface area contributed by atoms with Crippen LogP contribution in [0, 0.1) is 13.8 Å². The van der Waals surface area contributed by atoms with Crippen molar-refractivity contribution >= 4 is 5.69 Å². The standard InChI is InChI=1S/C15H17NO/c1-11-5-3-6-12(2)15(11)10-16-13-7-4-8-14(17)9-13/h3-9,16-17H,10H2,1-2H3. The molecule has 2 heteroatoms. The third-order valence-corrected chi connectivity index (χ3v) is 2.96. The molecular weight excluding hydrogens is 210 g/mol. The van der Waals surface area contributed by atoms with Crippen LogP contribution in [0.2, 0.25) is 0 Å². The number of aryl methyl sites for hydroxylation is 2. The van der Waals surface area contributed by atoms with Gasteiger partial charge in [0.15, 0.2) is 0 Å². The second-order valence-electron chi connectivity index (χ2n) is 4.27. The van der Waals surface area contributed by atoms with E-state index in [1.54, 1.807) is 12.1 Å². The van der Waals surface area contributed by atoms with E-state index in [1.165, 1.54) is 16.7 Å². The Labute approximate surface area is 102 Å². The highest BCUT2D eigenvalue weighted by Gasteiger charge is 2.01. The van der Waals surface area contributed by atoms with Crippen LogP contribution in [0.3, 0.4) is 0 Å². The van der Waals surface area contributed by atoms with Crippen molar-refractivity contribution < 1.29 is 5.11 Å². The minimum atomic E-state index is 0.288. The molecule has 0 aliphatic carbocycles. The number of rotatable bonds is 3. The molecule has 88 valence electrons. The minimum Gasteiger partial charge on any atom is -0.508 e. The van der Waals surface area contributed by atoms with Gasteiger partial charge in [-0.3, -0.25) is 0 Å². The maximum absolute atomic E-state index is 9.38. The molecule has 2 N–H and O–H groups in total. The fourth-order valence-electron chi connectivity index (χ4n) is 1.93. The van der Waals surface area contributed by atoms with E-state index in [0.29, 0.717) is 0 Å². The molecular formula is C15H17NO. The molecule has 0 bridgehead atoms. The highest BCUT2D eigenvalue weighted by atomic mass is 16.3. The summed E-state index contributed by atoms with van der Waals surface area (Å²) in [6.45, 7) is 5.01. The molecule has 17 heavy (non-hydrogen) atoms. The van der Waals surface area contributed by atoms with E-state index in [2.05, 4.69) is 37.4 Å². The summed E-state index contributed by atoms with van der Waals surface area (Å²) >= 11 is 0. The molecule has 2 rings (SSSR count). The normalized spacial score (nSPS) is 10.2. The lowest BCUT2D eigenvalue weighted by Gasteiger charge is -2.12. The van der Waals surface area contributed by atoms with Gasteiger partial charge in [0, 0.05) is 18.3 Å². The molecule has 0 unspecified atom stereocenters. The van der Waals surface area contributed by atoms with Gasteiger partial charge in [0.1, 0.15) is 5.75 Å². The van der Waals surface area contributed by atoms with Crippen LogP contribution in [0.15, 0.2) is 42.5 Å². The van der Waals surface area contributed by atoms with E-state index in [0.717, 1.165) is 12.2 Å². The average molecular weight is 227 g/mol. The summed E-state index contributed by atoms with van der Waals surface area (Å²) in [5, 5.41) is 12.7. The maximum atomic E-state index is 9.38. The molecule has 2 nitrogen and oxygen atoms in total. The van der Waals surface area contributed by atoms with Crippen molar-refractivity contribution in [1.29, 1.82) is 0 Å². The molecule has 0 saturated heterocycles. The number of phenolic OH excluding ortho intramolecular Hbond substituents is 1. The molecule has 0 spiro atoms. The van der Waals surface area contributed by atoms with E-state index in [1.807, 2.05) is 12.1 Å². The molecule has 0 radical (unpaired) electrons. The Kier molecular flexibility index (Phi) is 3.33. The molecule has 0 heterocycles. The van der Waals surface area contributed by atoms with Crippen molar-refractivity contribution in [3.8, 4) is 5.75 Å². The van der Waals surface area contributed by atoms with Gasteiger partial charge in [0.05, 0.1) is 0 Å². The summed E-state index contributed by atoms with van der Waals surface area (Å²) in [4.78, 5) is 0. The predicted octanol–water partition coefficient (Wildman–Crippen LogP) is 3.62. The third-order valence-electron chi connectivity index (χ3n) is 2.96. The smallest absolute Gasteiger partial charge is 0.117 e. The first-order valence-corrected chi connectivity index (χ1v) is 5.75. The lowest BCUT2D eigenvalue weighted by atomic mass is 10.0.